The van der Waals surface area contributed by atoms with Crippen molar-refractivity contribution in [2.75, 3.05) is 29.4 Å². The molecule has 1 N–H and O–H groups in total. The Kier molecular flexibility index (Phi) is 9.00. The van der Waals surface area contributed by atoms with Gasteiger partial charge in [0.1, 0.15) is 12.4 Å². The van der Waals surface area contributed by atoms with Crippen molar-refractivity contribution >= 4 is 45.0 Å². The van der Waals surface area contributed by atoms with E-state index in [1.54, 1.807) is 24.3 Å². The van der Waals surface area contributed by atoms with E-state index in [2.05, 4.69) is 5.32 Å². The average Bonchev–Trinajstić information content (AvgIpc) is 2.67. The SMILES string of the molecule is CC(C)c1ccccc1N(CC(=O)NCCSCc1c(F)cccc1Cl)S(C)(=O)=O. The van der Waals surface area contributed by atoms with E-state index in [0.29, 0.717) is 34.3 Å². The summed E-state index contributed by atoms with van der Waals surface area (Å²) in [5.74, 6) is 0.279. The lowest BCUT2D eigenvalue weighted by atomic mass is 10.0. The Labute approximate surface area is 187 Å². The minimum Gasteiger partial charge on any atom is -0.354 e. The third-order valence-electron chi connectivity index (χ3n) is 4.39. The number of para-hydroxylation sites is 1. The number of anilines is 1. The lowest BCUT2D eigenvalue weighted by molar-refractivity contribution is -0.119. The summed E-state index contributed by atoms with van der Waals surface area (Å²) in [6.45, 7) is 3.97. The molecule has 0 spiro atoms. The first-order valence-electron chi connectivity index (χ1n) is 9.45. The van der Waals surface area contributed by atoms with Crippen molar-refractivity contribution in [3.8, 4) is 0 Å². The van der Waals surface area contributed by atoms with Crippen molar-refractivity contribution < 1.29 is 17.6 Å². The Hall–Kier alpha value is -1.77. The third kappa shape index (κ3) is 6.89. The summed E-state index contributed by atoms with van der Waals surface area (Å²) in [6, 6.07) is 11.7. The van der Waals surface area contributed by atoms with E-state index in [0.717, 1.165) is 16.1 Å². The smallest absolute Gasteiger partial charge is 0.240 e. The number of halogens is 2. The molecule has 30 heavy (non-hydrogen) atoms. The molecular formula is C21H26ClFN2O3S2. The molecule has 0 aliphatic heterocycles. The number of benzene rings is 2. The van der Waals surface area contributed by atoms with E-state index in [1.165, 1.54) is 17.8 Å². The highest BCUT2D eigenvalue weighted by Gasteiger charge is 2.23. The fourth-order valence-corrected chi connectivity index (χ4v) is 4.95. The summed E-state index contributed by atoms with van der Waals surface area (Å²) < 4.78 is 39.6. The van der Waals surface area contributed by atoms with Gasteiger partial charge in [-0.2, -0.15) is 11.8 Å². The Morgan fingerprint density at radius 3 is 2.53 bits per heavy atom. The van der Waals surface area contributed by atoms with Crippen molar-refractivity contribution in [2.24, 2.45) is 0 Å². The number of thioether (sulfide) groups is 1. The van der Waals surface area contributed by atoms with Gasteiger partial charge in [-0.3, -0.25) is 9.10 Å². The van der Waals surface area contributed by atoms with Crippen molar-refractivity contribution in [1.29, 1.82) is 0 Å². The molecule has 2 aromatic carbocycles. The van der Waals surface area contributed by atoms with E-state index < -0.39 is 15.9 Å². The molecule has 164 valence electrons. The summed E-state index contributed by atoms with van der Waals surface area (Å²) >= 11 is 7.43. The molecule has 0 aliphatic carbocycles. The third-order valence-corrected chi connectivity index (χ3v) is 6.86. The van der Waals surface area contributed by atoms with E-state index >= 15 is 0 Å². The fraction of sp³-hybridized carbons (Fsp3) is 0.381. The number of nitrogens with one attached hydrogen (secondary N) is 1. The molecule has 0 bridgehead atoms. The molecule has 0 saturated carbocycles. The minimum atomic E-state index is -3.64. The summed E-state index contributed by atoms with van der Waals surface area (Å²) in [5.41, 5.74) is 1.80. The van der Waals surface area contributed by atoms with Gasteiger partial charge in [0, 0.05) is 28.6 Å². The quantitative estimate of drug-likeness (QED) is 0.520. The van der Waals surface area contributed by atoms with Crippen LogP contribution in [0, 0.1) is 5.82 Å². The zero-order valence-corrected chi connectivity index (χ0v) is 19.6. The molecule has 0 saturated heterocycles. The second-order valence-corrected chi connectivity index (χ2v) is 10.5. The van der Waals surface area contributed by atoms with Crippen LogP contribution in [0.15, 0.2) is 42.5 Å². The van der Waals surface area contributed by atoms with Gasteiger partial charge in [0.2, 0.25) is 15.9 Å². The first-order valence-corrected chi connectivity index (χ1v) is 12.8. The summed E-state index contributed by atoms with van der Waals surface area (Å²) in [5, 5.41) is 3.10. The molecule has 0 unspecified atom stereocenters. The van der Waals surface area contributed by atoms with Crippen LogP contribution in [0.25, 0.3) is 0 Å². The summed E-state index contributed by atoms with van der Waals surface area (Å²) in [4.78, 5) is 12.4. The molecule has 0 aromatic heterocycles. The summed E-state index contributed by atoms with van der Waals surface area (Å²) in [6.07, 6.45) is 1.09. The van der Waals surface area contributed by atoms with Gasteiger partial charge in [0.25, 0.3) is 0 Å². The topological polar surface area (TPSA) is 66.5 Å². The maximum Gasteiger partial charge on any atom is 0.240 e. The van der Waals surface area contributed by atoms with Crippen LogP contribution in [0.2, 0.25) is 5.02 Å². The van der Waals surface area contributed by atoms with Crippen LogP contribution in [-0.2, 0) is 20.6 Å². The van der Waals surface area contributed by atoms with Gasteiger partial charge in [0.15, 0.2) is 0 Å². The molecule has 0 heterocycles. The Morgan fingerprint density at radius 2 is 1.90 bits per heavy atom. The second-order valence-electron chi connectivity index (χ2n) is 7.09. The molecule has 0 atom stereocenters. The second kappa shape index (κ2) is 11.0. The van der Waals surface area contributed by atoms with Gasteiger partial charge >= 0.3 is 0 Å². The Bertz CT molecular complexity index is 964. The normalized spacial score (nSPS) is 11.5. The molecule has 0 aliphatic rings. The lowest BCUT2D eigenvalue weighted by Crippen LogP contribution is -2.41. The van der Waals surface area contributed by atoms with Gasteiger partial charge in [-0.1, -0.05) is 49.7 Å². The number of nitrogens with zero attached hydrogens (tertiary/aromatic N) is 1. The lowest BCUT2D eigenvalue weighted by Gasteiger charge is -2.25. The predicted octanol–water partition coefficient (Wildman–Crippen LogP) is 4.42. The number of hydrogen-bond acceptors (Lipinski definition) is 4. The van der Waals surface area contributed by atoms with Crippen molar-refractivity contribution in [1.82, 2.24) is 5.32 Å². The van der Waals surface area contributed by atoms with E-state index in [9.17, 15) is 17.6 Å². The van der Waals surface area contributed by atoms with Gasteiger partial charge in [-0.05, 0) is 29.7 Å². The maximum atomic E-state index is 13.8. The molecule has 1 amide bonds. The van der Waals surface area contributed by atoms with Gasteiger partial charge < -0.3 is 5.32 Å². The van der Waals surface area contributed by atoms with E-state index in [-0.39, 0.29) is 18.3 Å². The van der Waals surface area contributed by atoms with Crippen LogP contribution in [0.5, 0.6) is 0 Å². The number of sulfonamides is 1. The highest BCUT2D eigenvalue weighted by molar-refractivity contribution is 7.98. The maximum absolute atomic E-state index is 13.8. The first kappa shape index (κ1) is 24.5. The highest BCUT2D eigenvalue weighted by atomic mass is 35.5. The number of amides is 1. The van der Waals surface area contributed by atoms with Crippen molar-refractivity contribution in [3.05, 3.63) is 64.4 Å². The van der Waals surface area contributed by atoms with Crippen molar-refractivity contribution in [3.63, 3.8) is 0 Å². The molecule has 0 radical (unpaired) electrons. The van der Waals surface area contributed by atoms with Crippen LogP contribution in [0.4, 0.5) is 10.1 Å². The van der Waals surface area contributed by atoms with Gasteiger partial charge in [0.05, 0.1) is 11.9 Å². The molecule has 2 aromatic rings. The number of carbonyl (C=O) groups excluding carboxylic acids is 1. The number of rotatable bonds is 10. The number of hydrogen-bond donors (Lipinski definition) is 1. The largest absolute Gasteiger partial charge is 0.354 e. The molecular weight excluding hydrogens is 447 g/mol. The molecule has 2 rings (SSSR count). The predicted molar refractivity (Wildman–Crippen MR) is 123 cm³/mol. The molecule has 0 fully saturated rings. The van der Waals surface area contributed by atoms with Crippen LogP contribution in [0.3, 0.4) is 0 Å². The monoisotopic (exact) mass is 472 g/mol. The standard InChI is InChI=1S/C21H26ClFN2O3S2/c1-15(2)16-7-4-5-10-20(16)25(30(3,27)28)13-21(26)24-11-12-29-14-17-18(22)8-6-9-19(17)23/h4-10,15H,11-14H2,1-3H3,(H,24,26). The zero-order chi connectivity index (χ0) is 22.3. The number of carbonyl (C=O) groups is 1. The first-order chi connectivity index (χ1) is 14.1. The van der Waals surface area contributed by atoms with Crippen LogP contribution in [0.1, 0.15) is 30.9 Å². The van der Waals surface area contributed by atoms with E-state index in [4.69, 9.17) is 11.6 Å². The van der Waals surface area contributed by atoms with Gasteiger partial charge in [-0.25, -0.2) is 12.8 Å². The van der Waals surface area contributed by atoms with Gasteiger partial charge in [-0.15, -0.1) is 0 Å². The minimum absolute atomic E-state index is 0.107. The van der Waals surface area contributed by atoms with Crippen LogP contribution in [-0.4, -0.2) is 39.4 Å². The fourth-order valence-electron chi connectivity index (χ4n) is 2.88. The van der Waals surface area contributed by atoms with Crippen LogP contribution < -0.4 is 9.62 Å². The zero-order valence-electron chi connectivity index (χ0n) is 17.2. The molecule has 9 heteroatoms. The van der Waals surface area contributed by atoms with Crippen molar-refractivity contribution in [2.45, 2.75) is 25.5 Å². The Balaban J connectivity index is 1.93. The summed E-state index contributed by atoms with van der Waals surface area (Å²) in [7, 11) is -3.64. The van der Waals surface area contributed by atoms with E-state index in [1.807, 2.05) is 26.0 Å². The average molecular weight is 473 g/mol. The molecule has 5 nitrogen and oxygen atoms in total. The highest BCUT2D eigenvalue weighted by Crippen LogP contribution is 2.29. The Morgan fingerprint density at radius 1 is 1.20 bits per heavy atom. The van der Waals surface area contributed by atoms with Crippen LogP contribution >= 0.6 is 23.4 Å².